The van der Waals surface area contributed by atoms with Crippen LogP contribution in [0.25, 0.3) is 16.9 Å². The van der Waals surface area contributed by atoms with Gasteiger partial charge in [-0.1, -0.05) is 5.16 Å². The lowest BCUT2D eigenvalue weighted by atomic mass is 10.2. The Morgan fingerprint density at radius 2 is 1.92 bits per heavy atom. The highest BCUT2D eigenvalue weighted by Crippen LogP contribution is 2.37. The Kier molecular flexibility index (Phi) is 8.29. The maximum absolute atomic E-state index is 13.3. The van der Waals surface area contributed by atoms with E-state index in [1.54, 1.807) is 0 Å². The standard InChI is InChI=1S/C24H22F3N5O7/c25-24(26,27)20-16(13-39-31-20)17-12-29-22-21(28-6-7-32(17)22)30-14-4-5-15(18(34)11-14)23(36)38-10-2-9-37-19(35)3-1-8-33/h4-7,11-13,33-34H,1-3,8-10H2,(H,28,30). The molecule has 0 aliphatic rings. The van der Waals surface area contributed by atoms with E-state index in [4.69, 9.17) is 14.6 Å². The topological polar surface area (TPSA) is 161 Å². The lowest BCUT2D eigenvalue weighted by Crippen LogP contribution is -2.11. The number of carbonyl (C=O) groups is 2. The second-order valence-electron chi connectivity index (χ2n) is 8.08. The minimum Gasteiger partial charge on any atom is -0.507 e. The van der Waals surface area contributed by atoms with Gasteiger partial charge in [-0.3, -0.25) is 9.20 Å². The van der Waals surface area contributed by atoms with Gasteiger partial charge in [0.15, 0.2) is 17.2 Å². The lowest BCUT2D eigenvalue weighted by molar-refractivity contribution is -0.144. The summed E-state index contributed by atoms with van der Waals surface area (Å²) in [5.41, 5.74) is -1.03. The minimum absolute atomic E-state index is 0.0367. The number of hydrogen-bond acceptors (Lipinski definition) is 11. The van der Waals surface area contributed by atoms with Gasteiger partial charge in [0, 0.05) is 43.6 Å². The van der Waals surface area contributed by atoms with Crippen molar-refractivity contribution in [2.45, 2.75) is 25.4 Å². The molecule has 0 bridgehead atoms. The normalized spacial score (nSPS) is 11.5. The Morgan fingerprint density at radius 1 is 1.13 bits per heavy atom. The van der Waals surface area contributed by atoms with Crippen LogP contribution < -0.4 is 5.32 Å². The zero-order valence-electron chi connectivity index (χ0n) is 20.1. The first-order chi connectivity index (χ1) is 18.7. The molecule has 0 amide bonds. The monoisotopic (exact) mass is 549 g/mol. The van der Waals surface area contributed by atoms with Crippen LogP contribution in [0.5, 0.6) is 5.75 Å². The van der Waals surface area contributed by atoms with Crippen LogP contribution in [-0.4, -0.2) is 61.5 Å². The maximum Gasteiger partial charge on any atom is 0.437 e. The fourth-order valence-corrected chi connectivity index (χ4v) is 3.53. The SMILES string of the molecule is O=C(CCCO)OCCCOC(=O)c1ccc(Nc2nccn3c(-c4conc4C(F)(F)F)cnc23)cc1O. The van der Waals surface area contributed by atoms with Gasteiger partial charge >= 0.3 is 18.1 Å². The number of carbonyl (C=O) groups excluding carboxylic acids is 2. The second kappa shape index (κ2) is 11.8. The average Bonchev–Trinajstić information content (AvgIpc) is 3.55. The van der Waals surface area contributed by atoms with E-state index in [2.05, 4.69) is 25.0 Å². The number of aromatic hydroxyl groups is 1. The zero-order valence-corrected chi connectivity index (χ0v) is 20.1. The molecular weight excluding hydrogens is 527 g/mol. The van der Waals surface area contributed by atoms with Crippen molar-refractivity contribution < 1.29 is 47.0 Å². The first kappa shape index (κ1) is 27.4. The molecule has 15 heteroatoms. The van der Waals surface area contributed by atoms with Crippen molar-refractivity contribution in [1.82, 2.24) is 19.5 Å². The van der Waals surface area contributed by atoms with Crippen LogP contribution in [-0.2, 0) is 20.4 Å². The van der Waals surface area contributed by atoms with E-state index in [-0.39, 0.29) is 60.9 Å². The summed E-state index contributed by atoms with van der Waals surface area (Å²) in [6.07, 6.45) is 0.777. The average molecular weight is 549 g/mol. The van der Waals surface area contributed by atoms with Crippen LogP contribution in [0.4, 0.5) is 24.7 Å². The molecule has 0 radical (unpaired) electrons. The number of nitrogens with zero attached hydrogens (tertiary/aromatic N) is 4. The number of halogens is 3. The highest BCUT2D eigenvalue weighted by molar-refractivity contribution is 5.93. The van der Waals surface area contributed by atoms with E-state index >= 15 is 0 Å². The molecule has 12 nitrogen and oxygen atoms in total. The Morgan fingerprint density at radius 3 is 2.67 bits per heavy atom. The molecule has 0 aliphatic heterocycles. The third-order valence-corrected chi connectivity index (χ3v) is 5.35. The molecular formula is C24H22F3N5O7. The summed E-state index contributed by atoms with van der Waals surface area (Å²) < 4.78 is 55.8. The number of phenols is 1. The molecule has 0 fully saturated rings. The largest absolute Gasteiger partial charge is 0.507 e. The third kappa shape index (κ3) is 6.43. The number of hydrogen-bond donors (Lipinski definition) is 3. The van der Waals surface area contributed by atoms with Gasteiger partial charge in [0.05, 0.1) is 30.7 Å². The number of fused-ring (bicyclic) bond motifs is 1. The fourth-order valence-electron chi connectivity index (χ4n) is 3.53. The van der Waals surface area contributed by atoms with Crippen LogP contribution in [0.15, 0.2) is 47.6 Å². The van der Waals surface area contributed by atoms with Gasteiger partial charge in [0.1, 0.15) is 17.6 Å². The molecule has 39 heavy (non-hydrogen) atoms. The van der Waals surface area contributed by atoms with E-state index in [9.17, 15) is 27.9 Å². The Bertz CT molecular complexity index is 1470. The first-order valence-corrected chi connectivity index (χ1v) is 11.6. The molecule has 4 aromatic rings. The number of anilines is 2. The van der Waals surface area contributed by atoms with Crippen molar-refractivity contribution in [3.8, 4) is 17.0 Å². The smallest absolute Gasteiger partial charge is 0.437 e. The first-order valence-electron chi connectivity index (χ1n) is 11.6. The highest BCUT2D eigenvalue weighted by atomic mass is 19.4. The van der Waals surface area contributed by atoms with Crippen molar-refractivity contribution in [3.05, 3.63) is 54.3 Å². The maximum atomic E-state index is 13.3. The van der Waals surface area contributed by atoms with Crippen molar-refractivity contribution in [2.75, 3.05) is 25.1 Å². The van der Waals surface area contributed by atoms with Gasteiger partial charge in [-0.2, -0.15) is 13.2 Å². The molecule has 3 aromatic heterocycles. The predicted octanol–water partition coefficient (Wildman–Crippen LogP) is 3.71. The van der Waals surface area contributed by atoms with Gasteiger partial charge in [0.25, 0.3) is 0 Å². The van der Waals surface area contributed by atoms with Crippen molar-refractivity contribution in [2.24, 2.45) is 0 Å². The molecule has 0 spiro atoms. The van der Waals surface area contributed by atoms with Crippen molar-refractivity contribution >= 4 is 29.1 Å². The van der Waals surface area contributed by atoms with E-state index in [0.29, 0.717) is 12.1 Å². The van der Waals surface area contributed by atoms with Gasteiger partial charge in [-0.05, 0) is 18.6 Å². The van der Waals surface area contributed by atoms with Crippen LogP contribution in [0.1, 0.15) is 35.3 Å². The molecule has 0 atom stereocenters. The van der Waals surface area contributed by atoms with E-state index < -0.39 is 29.6 Å². The molecule has 206 valence electrons. The van der Waals surface area contributed by atoms with Crippen LogP contribution in [0.2, 0.25) is 0 Å². The minimum atomic E-state index is -4.73. The summed E-state index contributed by atoms with van der Waals surface area (Å²) in [5, 5.41) is 25.0. The van der Waals surface area contributed by atoms with Crippen LogP contribution in [0.3, 0.4) is 0 Å². The second-order valence-corrected chi connectivity index (χ2v) is 8.08. The molecule has 0 unspecified atom stereocenters. The van der Waals surface area contributed by atoms with E-state index in [0.717, 1.165) is 6.26 Å². The summed E-state index contributed by atoms with van der Waals surface area (Å²) in [4.78, 5) is 32.0. The van der Waals surface area contributed by atoms with Gasteiger partial charge in [-0.15, -0.1) is 0 Å². The van der Waals surface area contributed by atoms with E-state index in [1.165, 1.54) is 41.2 Å². The number of aliphatic hydroxyl groups excluding tert-OH is 1. The fraction of sp³-hybridized carbons (Fsp3) is 0.292. The van der Waals surface area contributed by atoms with Crippen LogP contribution >= 0.6 is 0 Å². The third-order valence-electron chi connectivity index (χ3n) is 5.35. The van der Waals surface area contributed by atoms with Crippen LogP contribution in [0, 0.1) is 0 Å². The number of alkyl halides is 3. The van der Waals surface area contributed by atoms with Crippen molar-refractivity contribution in [3.63, 3.8) is 0 Å². The number of benzene rings is 1. The summed E-state index contributed by atoms with van der Waals surface area (Å²) in [6, 6.07) is 4.03. The highest BCUT2D eigenvalue weighted by Gasteiger charge is 2.38. The molecule has 1 aromatic carbocycles. The number of imidazole rings is 1. The number of aliphatic hydroxyl groups is 1. The van der Waals surface area contributed by atoms with Gasteiger partial charge in [-0.25, -0.2) is 14.8 Å². The number of esters is 2. The molecule has 3 N–H and O–H groups in total. The summed E-state index contributed by atoms with van der Waals surface area (Å²) >= 11 is 0. The quantitative estimate of drug-likeness (QED) is 0.185. The summed E-state index contributed by atoms with van der Waals surface area (Å²) in [6.45, 7) is -0.131. The molecule has 4 rings (SSSR count). The number of nitrogens with one attached hydrogen (secondary N) is 1. The Labute approximate surface area is 218 Å². The van der Waals surface area contributed by atoms with Gasteiger partial charge < -0.3 is 29.5 Å². The number of phenolic OH excluding ortho intramolecular Hbond substituents is 1. The Balaban J connectivity index is 1.41. The zero-order chi connectivity index (χ0) is 28.0. The van der Waals surface area contributed by atoms with Gasteiger partial charge in [0.2, 0.25) is 0 Å². The summed E-state index contributed by atoms with van der Waals surface area (Å²) in [7, 11) is 0. The molecule has 0 saturated heterocycles. The van der Waals surface area contributed by atoms with Crippen molar-refractivity contribution in [1.29, 1.82) is 0 Å². The van der Waals surface area contributed by atoms with E-state index in [1.807, 2.05) is 0 Å². The lowest BCUT2D eigenvalue weighted by Gasteiger charge is -2.11. The predicted molar refractivity (Wildman–Crippen MR) is 127 cm³/mol. The Hall–Kier alpha value is -4.66. The number of rotatable bonds is 11. The number of aromatic nitrogens is 4. The molecule has 3 heterocycles. The summed E-state index contributed by atoms with van der Waals surface area (Å²) in [5.74, 6) is -1.48. The molecule has 0 saturated carbocycles. The number of ether oxygens (including phenoxy) is 2. The molecule has 0 aliphatic carbocycles.